The summed E-state index contributed by atoms with van der Waals surface area (Å²) in [4.78, 5) is 15.7. The minimum absolute atomic E-state index is 0.0220. The van der Waals surface area contributed by atoms with Crippen molar-refractivity contribution in [1.82, 2.24) is 5.32 Å². The van der Waals surface area contributed by atoms with Gasteiger partial charge in [-0.25, -0.2) is 4.79 Å². The molecule has 0 heterocycles. The Morgan fingerprint density at radius 2 is 2.12 bits per heavy atom. The Kier molecular flexibility index (Phi) is 7.21. The number of nitrogens with zero attached hydrogens (tertiary/aromatic N) is 1. The molecule has 1 amide bonds. The highest BCUT2D eigenvalue weighted by molar-refractivity contribution is 7.99. The molecule has 94 valence electrons. The van der Waals surface area contributed by atoms with Gasteiger partial charge in [-0.1, -0.05) is 32.3 Å². The first-order valence-electron chi connectivity index (χ1n) is 5.43. The summed E-state index contributed by atoms with van der Waals surface area (Å²) in [5.74, 6) is 0.782. The summed E-state index contributed by atoms with van der Waals surface area (Å²) in [5.41, 5.74) is 0.900. The van der Waals surface area contributed by atoms with E-state index in [0.717, 1.165) is 24.3 Å². The average Bonchev–Trinajstić information content (AvgIpc) is 2.23. The normalized spacial score (nSPS) is 12.4. The predicted octanol–water partition coefficient (Wildman–Crippen LogP) is 2.89. The van der Waals surface area contributed by atoms with E-state index in [1.54, 1.807) is 11.8 Å². The first-order chi connectivity index (χ1) is 7.47. The second kappa shape index (κ2) is 7.54. The number of rotatable bonds is 6. The van der Waals surface area contributed by atoms with Crippen molar-refractivity contribution in [2.75, 3.05) is 19.1 Å². The summed E-state index contributed by atoms with van der Waals surface area (Å²) in [6.07, 6.45) is 3.60. The molecule has 0 aliphatic rings. The maximum atomic E-state index is 11.0. The van der Waals surface area contributed by atoms with Gasteiger partial charge in [0, 0.05) is 18.2 Å². The molecule has 1 N–H and O–H groups in total. The number of amides is 1. The van der Waals surface area contributed by atoms with E-state index in [1.165, 1.54) is 7.05 Å². The molecule has 5 heteroatoms. The van der Waals surface area contributed by atoms with Crippen molar-refractivity contribution in [3.8, 4) is 0 Å². The van der Waals surface area contributed by atoms with Crippen molar-refractivity contribution in [3.63, 3.8) is 0 Å². The number of hydrogen-bond acceptors (Lipinski definition) is 4. The molecule has 0 spiro atoms. The molecule has 4 nitrogen and oxygen atoms in total. The van der Waals surface area contributed by atoms with Crippen LogP contribution >= 0.6 is 11.8 Å². The van der Waals surface area contributed by atoms with Crippen molar-refractivity contribution < 1.29 is 9.63 Å². The fourth-order valence-corrected chi connectivity index (χ4v) is 2.11. The molecule has 0 fully saturated rings. The van der Waals surface area contributed by atoms with Crippen LogP contribution in [-0.4, -0.2) is 30.9 Å². The molecule has 0 aromatic carbocycles. The smallest absolute Gasteiger partial charge is 0.323 e. The predicted molar refractivity (Wildman–Crippen MR) is 70.0 cm³/mol. The van der Waals surface area contributed by atoms with Crippen molar-refractivity contribution in [2.24, 2.45) is 10.6 Å². The van der Waals surface area contributed by atoms with Crippen LogP contribution in [0.25, 0.3) is 0 Å². The Hall–Kier alpha value is -0.710. The zero-order chi connectivity index (χ0) is 12.6. The topological polar surface area (TPSA) is 50.7 Å². The fourth-order valence-electron chi connectivity index (χ4n) is 1.39. The van der Waals surface area contributed by atoms with Crippen molar-refractivity contribution in [3.05, 3.63) is 0 Å². The molecule has 0 bridgehead atoms. The van der Waals surface area contributed by atoms with Gasteiger partial charge >= 0.3 is 6.09 Å². The Balaban J connectivity index is 4.63. The van der Waals surface area contributed by atoms with E-state index in [-0.39, 0.29) is 5.41 Å². The molecular weight excluding hydrogens is 224 g/mol. The minimum Gasteiger partial charge on any atom is -0.323 e. The van der Waals surface area contributed by atoms with Crippen LogP contribution in [0.5, 0.6) is 0 Å². The van der Waals surface area contributed by atoms with Crippen LogP contribution in [0, 0.1) is 5.41 Å². The van der Waals surface area contributed by atoms with Crippen LogP contribution < -0.4 is 5.32 Å². The van der Waals surface area contributed by atoms with Crippen molar-refractivity contribution in [1.29, 1.82) is 0 Å². The quantitative estimate of drug-likeness (QED) is 0.445. The fraction of sp³-hybridized carbons (Fsp3) is 0.818. The lowest BCUT2D eigenvalue weighted by Gasteiger charge is -2.25. The second-order valence-electron chi connectivity index (χ2n) is 4.23. The number of nitrogens with one attached hydrogen (secondary N) is 1. The van der Waals surface area contributed by atoms with Crippen molar-refractivity contribution >= 4 is 23.6 Å². The van der Waals surface area contributed by atoms with Crippen LogP contribution in [0.3, 0.4) is 0 Å². The third-order valence-corrected chi connectivity index (χ3v) is 2.94. The highest BCUT2D eigenvalue weighted by Gasteiger charge is 2.24. The first-order valence-corrected chi connectivity index (χ1v) is 6.82. The lowest BCUT2D eigenvalue weighted by Crippen LogP contribution is -2.28. The zero-order valence-corrected chi connectivity index (χ0v) is 11.6. The van der Waals surface area contributed by atoms with E-state index >= 15 is 0 Å². The molecule has 0 aliphatic heterocycles. The van der Waals surface area contributed by atoms with Gasteiger partial charge in [0.25, 0.3) is 0 Å². The summed E-state index contributed by atoms with van der Waals surface area (Å²) in [5, 5.41) is 6.33. The number of carbonyl (C=O) groups is 1. The maximum absolute atomic E-state index is 11.0. The van der Waals surface area contributed by atoms with Crippen LogP contribution in [-0.2, 0) is 4.84 Å². The Morgan fingerprint density at radius 3 is 2.56 bits per heavy atom. The van der Waals surface area contributed by atoms with E-state index in [1.807, 2.05) is 6.26 Å². The standard InChI is InChI=1S/C11H22N2O2S/c1-6-7-11(2,3)9(8-16-5)13-15-10(14)12-4/h6-8H2,1-5H3,(H,12,14). The van der Waals surface area contributed by atoms with Gasteiger partial charge in [-0.15, -0.1) is 0 Å². The number of hydrogen-bond donors (Lipinski definition) is 1. The van der Waals surface area contributed by atoms with Gasteiger partial charge in [0.05, 0.1) is 5.71 Å². The molecule has 0 atom stereocenters. The molecule has 0 radical (unpaired) electrons. The van der Waals surface area contributed by atoms with E-state index in [9.17, 15) is 4.79 Å². The van der Waals surface area contributed by atoms with Gasteiger partial charge in [0.15, 0.2) is 0 Å². The number of carbonyl (C=O) groups excluding carboxylic acids is 1. The van der Waals surface area contributed by atoms with Gasteiger partial charge in [-0.2, -0.15) is 11.8 Å². The third-order valence-electron chi connectivity index (χ3n) is 2.38. The van der Waals surface area contributed by atoms with E-state index in [2.05, 4.69) is 31.2 Å². The van der Waals surface area contributed by atoms with Gasteiger partial charge in [-0.3, -0.25) is 4.84 Å². The number of thioether (sulfide) groups is 1. The highest BCUT2D eigenvalue weighted by Crippen LogP contribution is 2.26. The van der Waals surface area contributed by atoms with Gasteiger partial charge in [0.2, 0.25) is 0 Å². The Bertz CT molecular complexity index is 252. The van der Waals surface area contributed by atoms with E-state index < -0.39 is 6.09 Å². The Morgan fingerprint density at radius 1 is 1.50 bits per heavy atom. The van der Waals surface area contributed by atoms with Gasteiger partial charge in [0.1, 0.15) is 0 Å². The van der Waals surface area contributed by atoms with Crippen LogP contribution in [0.1, 0.15) is 33.6 Å². The second-order valence-corrected chi connectivity index (χ2v) is 5.10. The van der Waals surface area contributed by atoms with Crippen LogP contribution in [0.4, 0.5) is 4.79 Å². The third kappa shape index (κ3) is 5.39. The summed E-state index contributed by atoms with van der Waals surface area (Å²) in [6.45, 7) is 6.38. The zero-order valence-electron chi connectivity index (χ0n) is 10.8. The molecule has 0 saturated heterocycles. The number of oxime groups is 1. The highest BCUT2D eigenvalue weighted by atomic mass is 32.2. The lowest BCUT2D eigenvalue weighted by molar-refractivity contribution is 0.151. The van der Waals surface area contributed by atoms with Gasteiger partial charge in [-0.05, 0) is 12.7 Å². The first kappa shape index (κ1) is 15.3. The molecular formula is C11H22N2O2S. The minimum atomic E-state index is -0.522. The molecule has 0 rings (SSSR count). The summed E-state index contributed by atoms with van der Waals surface area (Å²) in [6, 6.07) is 0. The summed E-state index contributed by atoms with van der Waals surface area (Å²) in [7, 11) is 1.52. The molecule has 0 unspecified atom stereocenters. The van der Waals surface area contributed by atoms with Gasteiger partial charge < -0.3 is 5.32 Å². The van der Waals surface area contributed by atoms with Crippen molar-refractivity contribution in [2.45, 2.75) is 33.6 Å². The molecule has 0 aromatic rings. The lowest BCUT2D eigenvalue weighted by atomic mass is 9.84. The summed E-state index contributed by atoms with van der Waals surface area (Å²) < 4.78 is 0. The van der Waals surface area contributed by atoms with Crippen LogP contribution in [0.2, 0.25) is 0 Å². The largest absolute Gasteiger partial charge is 0.433 e. The van der Waals surface area contributed by atoms with E-state index in [0.29, 0.717) is 0 Å². The van der Waals surface area contributed by atoms with E-state index in [4.69, 9.17) is 4.84 Å². The SMILES string of the molecule is CCCC(C)(C)C(CSC)=NOC(=O)NC. The maximum Gasteiger partial charge on any atom is 0.433 e. The molecule has 0 aliphatic carbocycles. The monoisotopic (exact) mass is 246 g/mol. The molecule has 16 heavy (non-hydrogen) atoms. The summed E-state index contributed by atoms with van der Waals surface area (Å²) >= 11 is 1.68. The molecule has 0 saturated carbocycles. The molecule has 0 aromatic heterocycles. The van der Waals surface area contributed by atoms with Crippen LogP contribution in [0.15, 0.2) is 5.16 Å². The average molecular weight is 246 g/mol. The Labute approximate surface area is 102 Å².